The summed E-state index contributed by atoms with van der Waals surface area (Å²) in [7, 11) is 0. The number of fused-ring (bicyclic) bond motifs is 1. The first-order valence-electron chi connectivity index (χ1n) is 7.08. The van der Waals surface area contributed by atoms with E-state index in [1.54, 1.807) is 0 Å². The summed E-state index contributed by atoms with van der Waals surface area (Å²) in [6.45, 7) is 1.85. The number of hydrogen-bond acceptors (Lipinski definition) is 2. The van der Waals surface area contributed by atoms with Gasteiger partial charge in [-0.2, -0.15) is 0 Å². The van der Waals surface area contributed by atoms with Gasteiger partial charge in [-0.1, -0.05) is 18.2 Å². The molecule has 0 unspecified atom stereocenters. The van der Waals surface area contributed by atoms with Crippen molar-refractivity contribution in [3.05, 3.63) is 36.0 Å². The average molecular weight is 286 g/mol. The molecule has 6 heteroatoms. The van der Waals surface area contributed by atoms with Crippen LogP contribution in [0.4, 0.5) is 4.79 Å². The van der Waals surface area contributed by atoms with Gasteiger partial charge in [0, 0.05) is 24.3 Å². The minimum atomic E-state index is -0.165. The molecule has 1 aliphatic heterocycles. The largest absolute Gasteiger partial charge is 0.357 e. The standard InChI is InChI=1S/C15H18N4O2/c20-14(10-19-7-3-6-16-15(19)21)17-9-12-8-11-4-1-2-5-13(11)18-12/h1-2,4-5,8,18H,3,6-7,9-10H2,(H,16,21)(H,17,20). The van der Waals surface area contributed by atoms with Crippen LogP contribution in [0, 0.1) is 0 Å². The molecule has 1 aromatic heterocycles. The van der Waals surface area contributed by atoms with Crippen molar-refractivity contribution in [2.24, 2.45) is 0 Å². The summed E-state index contributed by atoms with van der Waals surface area (Å²) in [5.41, 5.74) is 2.00. The predicted octanol–water partition coefficient (Wildman–Crippen LogP) is 1.20. The summed E-state index contributed by atoms with van der Waals surface area (Å²) < 4.78 is 0. The topological polar surface area (TPSA) is 77.2 Å². The fraction of sp³-hybridized carbons (Fsp3) is 0.333. The third kappa shape index (κ3) is 3.16. The lowest BCUT2D eigenvalue weighted by Crippen LogP contribution is -2.50. The third-order valence-corrected chi connectivity index (χ3v) is 3.56. The van der Waals surface area contributed by atoms with Gasteiger partial charge >= 0.3 is 6.03 Å². The Balaban J connectivity index is 1.54. The van der Waals surface area contributed by atoms with Crippen molar-refractivity contribution in [1.29, 1.82) is 0 Å². The highest BCUT2D eigenvalue weighted by Gasteiger charge is 2.19. The van der Waals surface area contributed by atoms with Crippen molar-refractivity contribution in [2.75, 3.05) is 19.6 Å². The van der Waals surface area contributed by atoms with Gasteiger partial charge in [-0.15, -0.1) is 0 Å². The van der Waals surface area contributed by atoms with Gasteiger partial charge in [0.25, 0.3) is 0 Å². The van der Waals surface area contributed by atoms with Crippen LogP contribution in [-0.2, 0) is 11.3 Å². The molecule has 0 radical (unpaired) electrons. The quantitative estimate of drug-likeness (QED) is 0.790. The molecule has 2 heterocycles. The first-order valence-corrected chi connectivity index (χ1v) is 7.08. The van der Waals surface area contributed by atoms with Crippen molar-refractivity contribution in [3.63, 3.8) is 0 Å². The van der Waals surface area contributed by atoms with E-state index in [2.05, 4.69) is 15.6 Å². The predicted molar refractivity (Wildman–Crippen MR) is 79.7 cm³/mol. The SMILES string of the molecule is O=C(CN1CCCNC1=O)NCc1cc2ccccc2[nH]1. The minimum absolute atomic E-state index is 0.103. The zero-order valence-corrected chi connectivity index (χ0v) is 11.7. The van der Waals surface area contributed by atoms with Crippen molar-refractivity contribution in [3.8, 4) is 0 Å². The van der Waals surface area contributed by atoms with Crippen LogP contribution in [0.25, 0.3) is 10.9 Å². The molecule has 0 bridgehead atoms. The summed E-state index contributed by atoms with van der Waals surface area (Å²) >= 11 is 0. The van der Waals surface area contributed by atoms with E-state index >= 15 is 0 Å². The maximum Gasteiger partial charge on any atom is 0.317 e. The molecule has 0 aliphatic carbocycles. The first kappa shape index (κ1) is 13.5. The van der Waals surface area contributed by atoms with E-state index in [1.807, 2.05) is 30.3 Å². The van der Waals surface area contributed by atoms with Crippen LogP contribution in [0.3, 0.4) is 0 Å². The molecule has 1 saturated heterocycles. The summed E-state index contributed by atoms with van der Waals surface area (Å²) in [6.07, 6.45) is 0.876. The molecule has 110 valence electrons. The van der Waals surface area contributed by atoms with E-state index in [-0.39, 0.29) is 18.5 Å². The molecule has 3 amide bonds. The van der Waals surface area contributed by atoms with Crippen molar-refractivity contribution in [1.82, 2.24) is 20.5 Å². The third-order valence-electron chi connectivity index (χ3n) is 3.56. The fourth-order valence-corrected chi connectivity index (χ4v) is 2.48. The zero-order chi connectivity index (χ0) is 14.7. The molecule has 3 N–H and O–H groups in total. The zero-order valence-electron chi connectivity index (χ0n) is 11.7. The van der Waals surface area contributed by atoms with Crippen LogP contribution in [0.1, 0.15) is 12.1 Å². The number of benzene rings is 1. The van der Waals surface area contributed by atoms with Gasteiger partial charge in [-0.3, -0.25) is 4.79 Å². The van der Waals surface area contributed by atoms with Gasteiger partial charge in [-0.25, -0.2) is 4.79 Å². The molecule has 3 rings (SSSR count). The Morgan fingerprint density at radius 1 is 1.33 bits per heavy atom. The Hall–Kier alpha value is -2.50. The summed E-state index contributed by atoms with van der Waals surface area (Å²) in [5.74, 6) is -0.147. The van der Waals surface area contributed by atoms with Gasteiger partial charge in [0.15, 0.2) is 0 Å². The Kier molecular flexibility index (Phi) is 3.77. The molecule has 1 aromatic carbocycles. The van der Waals surface area contributed by atoms with Crippen LogP contribution in [0.5, 0.6) is 0 Å². The number of amides is 3. The van der Waals surface area contributed by atoms with E-state index < -0.39 is 0 Å². The van der Waals surface area contributed by atoms with Gasteiger partial charge in [0.2, 0.25) is 5.91 Å². The Morgan fingerprint density at radius 2 is 2.19 bits per heavy atom. The smallest absolute Gasteiger partial charge is 0.317 e. The number of nitrogens with one attached hydrogen (secondary N) is 3. The van der Waals surface area contributed by atoms with Crippen LogP contribution in [0.2, 0.25) is 0 Å². The van der Waals surface area contributed by atoms with Gasteiger partial charge in [0.05, 0.1) is 6.54 Å². The second kappa shape index (κ2) is 5.87. The molecule has 1 fully saturated rings. The molecule has 2 aromatic rings. The second-order valence-electron chi connectivity index (χ2n) is 5.17. The average Bonchev–Trinajstić information content (AvgIpc) is 2.90. The van der Waals surface area contributed by atoms with Gasteiger partial charge in [0.1, 0.15) is 6.54 Å². The lowest BCUT2D eigenvalue weighted by molar-refractivity contribution is -0.122. The monoisotopic (exact) mass is 286 g/mol. The van der Waals surface area contributed by atoms with Gasteiger partial charge in [-0.05, 0) is 23.9 Å². The van der Waals surface area contributed by atoms with Crippen LogP contribution in [-0.4, -0.2) is 41.5 Å². The Morgan fingerprint density at radius 3 is 3.00 bits per heavy atom. The van der Waals surface area contributed by atoms with E-state index in [0.717, 1.165) is 23.0 Å². The van der Waals surface area contributed by atoms with Crippen molar-refractivity contribution < 1.29 is 9.59 Å². The highest BCUT2D eigenvalue weighted by Crippen LogP contribution is 2.14. The minimum Gasteiger partial charge on any atom is -0.357 e. The lowest BCUT2D eigenvalue weighted by Gasteiger charge is -2.26. The number of aromatic nitrogens is 1. The highest BCUT2D eigenvalue weighted by atomic mass is 16.2. The number of carbonyl (C=O) groups excluding carboxylic acids is 2. The maximum absolute atomic E-state index is 11.9. The maximum atomic E-state index is 11.9. The number of nitrogens with zero attached hydrogens (tertiary/aromatic N) is 1. The number of H-pyrrole nitrogens is 1. The van der Waals surface area contributed by atoms with Crippen LogP contribution in [0.15, 0.2) is 30.3 Å². The van der Waals surface area contributed by atoms with Crippen molar-refractivity contribution >= 4 is 22.8 Å². The first-order chi connectivity index (χ1) is 10.2. The normalized spacial score (nSPS) is 15.0. The van der Waals surface area contributed by atoms with Crippen molar-refractivity contribution in [2.45, 2.75) is 13.0 Å². The highest BCUT2D eigenvalue weighted by molar-refractivity contribution is 5.84. The fourth-order valence-electron chi connectivity index (χ4n) is 2.48. The van der Waals surface area contributed by atoms with Crippen LogP contribution >= 0.6 is 0 Å². The molecule has 0 spiro atoms. The van der Waals surface area contributed by atoms with E-state index in [4.69, 9.17) is 0 Å². The number of rotatable bonds is 4. The molecule has 0 saturated carbocycles. The van der Waals surface area contributed by atoms with E-state index in [0.29, 0.717) is 19.6 Å². The molecule has 0 atom stereocenters. The Bertz CT molecular complexity index is 631. The molecule has 6 nitrogen and oxygen atoms in total. The second-order valence-corrected chi connectivity index (χ2v) is 5.17. The van der Waals surface area contributed by atoms with E-state index in [1.165, 1.54) is 4.90 Å². The summed E-state index contributed by atoms with van der Waals surface area (Å²) in [6, 6.07) is 9.82. The van der Waals surface area contributed by atoms with Crippen LogP contribution < -0.4 is 10.6 Å². The van der Waals surface area contributed by atoms with Gasteiger partial charge < -0.3 is 20.5 Å². The number of para-hydroxylation sites is 1. The molecular formula is C15H18N4O2. The number of urea groups is 1. The Labute approximate surface area is 122 Å². The number of aromatic amines is 1. The molecule has 1 aliphatic rings. The summed E-state index contributed by atoms with van der Waals surface area (Å²) in [4.78, 5) is 28.2. The molecular weight excluding hydrogens is 268 g/mol. The summed E-state index contributed by atoms with van der Waals surface area (Å²) in [5, 5.41) is 6.69. The lowest BCUT2D eigenvalue weighted by atomic mass is 10.2. The van der Waals surface area contributed by atoms with E-state index in [9.17, 15) is 9.59 Å². The molecule has 21 heavy (non-hydrogen) atoms. The number of hydrogen-bond donors (Lipinski definition) is 3. The number of carbonyl (C=O) groups is 2.